The lowest BCUT2D eigenvalue weighted by molar-refractivity contribution is 0.0551. The molecule has 2 aromatic heterocycles. The van der Waals surface area contributed by atoms with E-state index in [1.54, 1.807) is 0 Å². The van der Waals surface area contributed by atoms with Gasteiger partial charge in [0.05, 0.1) is 4.90 Å². The lowest BCUT2D eigenvalue weighted by Crippen LogP contribution is -2.16. The highest BCUT2D eigenvalue weighted by Gasteiger charge is 2.35. The van der Waals surface area contributed by atoms with Gasteiger partial charge in [0, 0.05) is 23.5 Å². The lowest BCUT2D eigenvalue weighted by atomic mass is 10.1. The summed E-state index contributed by atoms with van der Waals surface area (Å²) in [6.07, 6.45) is 2.58. The number of hydrogen-bond donors (Lipinski definition) is 0. The Balaban J connectivity index is 1.77. The van der Waals surface area contributed by atoms with Crippen LogP contribution in [0.4, 0.5) is 8.78 Å². The monoisotopic (exact) mass is 413 g/mol. The molecule has 0 bridgehead atoms. The van der Waals surface area contributed by atoms with E-state index < -0.39 is 32.6 Å². The lowest BCUT2D eigenvalue weighted by Gasteiger charge is -2.04. The molecule has 140 valence electrons. The van der Waals surface area contributed by atoms with Crippen LogP contribution < -0.4 is 0 Å². The molecule has 1 aromatic carbocycles. The summed E-state index contributed by atoms with van der Waals surface area (Å²) in [7, 11) is -3.83. The van der Waals surface area contributed by atoms with Crippen LogP contribution in [0.1, 0.15) is 16.2 Å². The molecule has 2 heterocycles. The van der Waals surface area contributed by atoms with Crippen LogP contribution in [-0.2, 0) is 15.2 Å². The van der Waals surface area contributed by atoms with Crippen molar-refractivity contribution in [2.24, 2.45) is 0 Å². The molecule has 3 rings (SSSR count). The third-order valence-corrected chi connectivity index (χ3v) is 5.21. The second kappa shape index (κ2) is 7.12. The molecule has 0 aliphatic carbocycles. The summed E-state index contributed by atoms with van der Waals surface area (Å²) >= 11 is 4.80. The van der Waals surface area contributed by atoms with Crippen molar-refractivity contribution in [2.45, 2.75) is 10.3 Å². The van der Waals surface area contributed by atoms with E-state index in [0.29, 0.717) is 0 Å². The van der Waals surface area contributed by atoms with Gasteiger partial charge in [-0.2, -0.15) is 13.8 Å². The van der Waals surface area contributed by atoms with Gasteiger partial charge in [0.1, 0.15) is 5.75 Å². The van der Waals surface area contributed by atoms with Crippen molar-refractivity contribution in [1.82, 2.24) is 15.1 Å². The first kappa shape index (κ1) is 19.1. The van der Waals surface area contributed by atoms with E-state index in [1.807, 2.05) is 0 Å². The van der Waals surface area contributed by atoms with Crippen LogP contribution in [0, 0.1) is 0 Å². The Morgan fingerprint density at radius 2 is 1.89 bits per heavy atom. The Bertz CT molecular complexity index is 1070. The zero-order chi connectivity index (χ0) is 19.7. The van der Waals surface area contributed by atoms with Gasteiger partial charge in [0.15, 0.2) is 15.6 Å². The molecule has 0 aliphatic heterocycles. The number of alkyl halides is 3. The van der Waals surface area contributed by atoms with Gasteiger partial charge in [0.2, 0.25) is 5.82 Å². The molecule has 0 atom stereocenters. The quantitative estimate of drug-likeness (QED) is 0.452. The number of carbonyl (C=O) groups excluding carboxylic acids is 1. The molecule has 0 aliphatic rings. The highest BCUT2D eigenvalue weighted by molar-refractivity contribution is 7.92. The summed E-state index contributed by atoms with van der Waals surface area (Å²) in [5, 5.41) is -0.402. The predicted molar refractivity (Wildman–Crippen MR) is 90.1 cm³/mol. The van der Waals surface area contributed by atoms with E-state index in [2.05, 4.69) is 19.6 Å². The predicted octanol–water partition coefficient (Wildman–Crippen LogP) is 3.08. The van der Waals surface area contributed by atoms with Crippen molar-refractivity contribution in [2.75, 3.05) is 5.75 Å². The molecular formula is C16H10ClF2N3O4S. The molecule has 0 radical (unpaired) electrons. The highest BCUT2D eigenvalue weighted by Crippen LogP contribution is 2.32. The molecule has 7 nitrogen and oxygen atoms in total. The van der Waals surface area contributed by atoms with Gasteiger partial charge in [-0.3, -0.25) is 9.78 Å². The minimum atomic E-state index is -3.83. The maximum Gasteiger partial charge on any atom is 0.400 e. The zero-order valence-electron chi connectivity index (χ0n) is 13.3. The van der Waals surface area contributed by atoms with Crippen molar-refractivity contribution < 1.29 is 26.5 Å². The van der Waals surface area contributed by atoms with Crippen molar-refractivity contribution >= 4 is 27.2 Å². The third kappa shape index (κ3) is 4.34. The van der Waals surface area contributed by atoms with Crippen LogP contribution in [0.3, 0.4) is 0 Å². The molecular weight excluding hydrogens is 404 g/mol. The van der Waals surface area contributed by atoms with Crippen LogP contribution in [0.25, 0.3) is 11.4 Å². The Kier molecular flexibility index (Phi) is 5.03. The van der Waals surface area contributed by atoms with Crippen molar-refractivity contribution in [3.63, 3.8) is 0 Å². The number of pyridine rings is 1. The maximum atomic E-state index is 12.9. The molecule has 0 spiro atoms. The van der Waals surface area contributed by atoms with Crippen molar-refractivity contribution in [3.8, 4) is 11.4 Å². The fraction of sp³-hybridized carbons (Fsp3) is 0.125. The van der Waals surface area contributed by atoms with E-state index in [9.17, 15) is 22.0 Å². The molecule has 3 aromatic rings. The molecule has 11 heteroatoms. The number of carbonyl (C=O) groups is 1. The molecule has 0 saturated heterocycles. The topological polar surface area (TPSA) is 103 Å². The summed E-state index contributed by atoms with van der Waals surface area (Å²) in [5.41, 5.74) is 0.412. The van der Waals surface area contributed by atoms with Gasteiger partial charge in [-0.1, -0.05) is 29.4 Å². The van der Waals surface area contributed by atoms with Crippen molar-refractivity contribution in [3.05, 3.63) is 60.2 Å². The summed E-state index contributed by atoms with van der Waals surface area (Å²) < 4.78 is 54.7. The molecule has 27 heavy (non-hydrogen) atoms. The van der Waals surface area contributed by atoms with Gasteiger partial charge in [0.25, 0.3) is 0 Å². The Morgan fingerprint density at radius 1 is 1.19 bits per heavy atom. The summed E-state index contributed by atoms with van der Waals surface area (Å²) in [4.78, 5) is 19.4. The number of nitrogens with zero attached hydrogens (tertiary/aromatic N) is 3. The van der Waals surface area contributed by atoms with E-state index in [1.165, 1.54) is 42.6 Å². The fourth-order valence-electron chi connectivity index (χ4n) is 2.13. The molecule has 0 fully saturated rings. The first-order valence-corrected chi connectivity index (χ1v) is 9.37. The van der Waals surface area contributed by atoms with E-state index in [-0.39, 0.29) is 21.8 Å². The SMILES string of the molecule is O=C(CS(=O)(=O)c1cccnc1)c1ccc(-c2noc(C(F)(F)Cl)n2)cc1. The number of halogens is 3. The summed E-state index contributed by atoms with van der Waals surface area (Å²) in [5.74, 6) is -2.57. The third-order valence-electron chi connectivity index (χ3n) is 3.45. The zero-order valence-corrected chi connectivity index (χ0v) is 14.9. The number of hydrogen-bond acceptors (Lipinski definition) is 7. The number of sulfone groups is 1. The number of Topliss-reactive ketones (excluding diaryl/α,β-unsaturated/α-hetero) is 1. The first-order chi connectivity index (χ1) is 12.7. The van der Waals surface area contributed by atoms with E-state index in [4.69, 9.17) is 11.6 Å². The van der Waals surface area contributed by atoms with Crippen molar-refractivity contribution in [1.29, 1.82) is 0 Å². The average molecular weight is 414 g/mol. The average Bonchev–Trinajstić information content (AvgIpc) is 3.13. The minimum absolute atomic E-state index is 0.0590. The molecule has 0 amide bonds. The normalized spacial score (nSPS) is 12.1. The van der Waals surface area contributed by atoms with Crippen LogP contribution >= 0.6 is 11.6 Å². The second-order valence-corrected chi connectivity index (χ2v) is 7.83. The Morgan fingerprint density at radius 3 is 2.44 bits per heavy atom. The molecule has 0 saturated carbocycles. The fourth-order valence-corrected chi connectivity index (χ4v) is 3.39. The van der Waals surface area contributed by atoms with Gasteiger partial charge < -0.3 is 4.52 Å². The number of benzene rings is 1. The minimum Gasteiger partial charge on any atom is -0.331 e. The highest BCUT2D eigenvalue weighted by atomic mass is 35.5. The Hall–Kier alpha value is -2.72. The standard InChI is InChI=1S/C16H10ClF2N3O4S/c17-16(18,19)15-21-14(22-26-15)11-5-3-10(4-6-11)13(23)9-27(24,25)12-2-1-7-20-8-12/h1-8H,9H2. The van der Waals surface area contributed by atoms with Crippen LogP contribution in [-0.4, -0.2) is 35.1 Å². The van der Waals surface area contributed by atoms with Crippen LogP contribution in [0.15, 0.2) is 58.2 Å². The second-order valence-electron chi connectivity index (χ2n) is 5.37. The summed E-state index contributed by atoms with van der Waals surface area (Å²) in [6.45, 7) is 0. The van der Waals surface area contributed by atoms with Gasteiger partial charge in [-0.05, 0) is 23.7 Å². The smallest absolute Gasteiger partial charge is 0.331 e. The number of rotatable bonds is 6. The maximum absolute atomic E-state index is 12.9. The number of ketones is 1. The van der Waals surface area contributed by atoms with Gasteiger partial charge in [-0.15, -0.1) is 0 Å². The largest absolute Gasteiger partial charge is 0.400 e. The first-order valence-electron chi connectivity index (χ1n) is 7.34. The van der Waals surface area contributed by atoms with Crippen LogP contribution in [0.2, 0.25) is 0 Å². The van der Waals surface area contributed by atoms with E-state index >= 15 is 0 Å². The Labute approximate surface area is 156 Å². The van der Waals surface area contributed by atoms with Crippen LogP contribution in [0.5, 0.6) is 0 Å². The van der Waals surface area contributed by atoms with Gasteiger partial charge >= 0.3 is 11.3 Å². The van der Waals surface area contributed by atoms with Gasteiger partial charge in [-0.25, -0.2) is 8.42 Å². The molecule has 0 unspecified atom stereocenters. The summed E-state index contributed by atoms with van der Waals surface area (Å²) in [6, 6.07) is 8.24. The van der Waals surface area contributed by atoms with E-state index in [0.717, 1.165) is 6.20 Å². The molecule has 0 N–H and O–H groups in total. The number of aromatic nitrogens is 3.